The Morgan fingerprint density at radius 1 is 1.12 bits per heavy atom. The molecule has 1 saturated heterocycles. The average Bonchev–Trinajstić information content (AvgIpc) is 2.64. The fraction of sp³-hybridized carbons (Fsp3) is 0.556. The number of rotatable bonds is 8. The molecule has 0 spiro atoms. The van der Waals surface area contributed by atoms with Crippen molar-refractivity contribution < 1.29 is 14.3 Å². The van der Waals surface area contributed by atoms with E-state index in [2.05, 4.69) is 16.0 Å². The minimum Gasteiger partial charge on any atom is -0.497 e. The number of piperidine rings is 1. The third kappa shape index (κ3) is 8.23. The number of ether oxygens (including phenoxy) is 1. The van der Waals surface area contributed by atoms with E-state index in [4.69, 9.17) is 4.74 Å². The first-order valence-corrected chi connectivity index (χ1v) is 8.54. The molecule has 1 aromatic carbocycles. The third-order valence-corrected chi connectivity index (χ3v) is 4.33. The maximum absolute atomic E-state index is 11.8. The molecular formula is C18H28ClN3O3. The van der Waals surface area contributed by atoms with E-state index in [0.29, 0.717) is 18.9 Å². The predicted molar refractivity (Wildman–Crippen MR) is 99.9 cm³/mol. The van der Waals surface area contributed by atoms with Gasteiger partial charge >= 0.3 is 0 Å². The second-order valence-corrected chi connectivity index (χ2v) is 6.13. The maximum atomic E-state index is 11.8. The zero-order chi connectivity index (χ0) is 17.2. The molecule has 0 saturated carbocycles. The van der Waals surface area contributed by atoms with Crippen LogP contribution >= 0.6 is 12.4 Å². The third-order valence-electron chi connectivity index (χ3n) is 4.33. The summed E-state index contributed by atoms with van der Waals surface area (Å²) in [4.78, 5) is 23.6. The van der Waals surface area contributed by atoms with Crippen LogP contribution in [0.2, 0.25) is 0 Å². The number of hydrogen-bond acceptors (Lipinski definition) is 4. The van der Waals surface area contributed by atoms with Crippen LogP contribution in [0.25, 0.3) is 0 Å². The summed E-state index contributed by atoms with van der Waals surface area (Å²) in [6, 6.07) is 7.50. The van der Waals surface area contributed by atoms with Crippen LogP contribution in [0.4, 0.5) is 0 Å². The standard InChI is InChI=1S/C18H27N3O3.ClH/c1-24-16-5-2-15(3-6-16)12-20-18(23)13-21-17(22)7-4-14-8-10-19-11-9-14;/h2-3,5-6,14,19H,4,7-13H2,1H3,(H,20,23)(H,21,22);1H. The smallest absolute Gasteiger partial charge is 0.239 e. The Kier molecular flexibility index (Phi) is 9.96. The molecule has 1 fully saturated rings. The minimum atomic E-state index is -0.180. The molecule has 7 heteroatoms. The number of methoxy groups -OCH3 is 1. The number of halogens is 1. The van der Waals surface area contributed by atoms with E-state index in [9.17, 15) is 9.59 Å². The van der Waals surface area contributed by atoms with Gasteiger partial charge in [-0.2, -0.15) is 0 Å². The lowest BCUT2D eigenvalue weighted by molar-refractivity contribution is -0.126. The van der Waals surface area contributed by atoms with E-state index in [0.717, 1.165) is 43.7 Å². The summed E-state index contributed by atoms with van der Waals surface area (Å²) in [5.74, 6) is 1.18. The van der Waals surface area contributed by atoms with Crippen molar-refractivity contribution in [2.24, 2.45) is 5.92 Å². The van der Waals surface area contributed by atoms with Gasteiger partial charge in [-0.1, -0.05) is 12.1 Å². The van der Waals surface area contributed by atoms with Crippen LogP contribution in [0, 0.1) is 5.92 Å². The van der Waals surface area contributed by atoms with Crippen LogP contribution < -0.4 is 20.7 Å². The van der Waals surface area contributed by atoms with Crippen molar-refractivity contribution in [1.29, 1.82) is 0 Å². The van der Waals surface area contributed by atoms with Gasteiger partial charge in [-0.05, 0) is 56.0 Å². The molecule has 0 unspecified atom stereocenters. The largest absolute Gasteiger partial charge is 0.497 e. The lowest BCUT2D eigenvalue weighted by Crippen LogP contribution is -2.37. The Morgan fingerprint density at radius 3 is 2.44 bits per heavy atom. The summed E-state index contributed by atoms with van der Waals surface area (Å²) >= 11 is 0. The summed E-state index contributed by atoms with van der Waals surface area (Å²) in [5, 5.41) is 8.80. The molecule has 1 aliphatic heterocycles. The summed E-state index contributed by atoms with van der Waals surface area (Å²) in [6.07, 6.45) is 3.67. The molecule has 2 amide bonds. The molecule has 140 valence electrons. The van der Waals surface area contributed by atoms with Crippen molar-refractivity contribution in [3.63, 3.8) is 0 Å². The monoisotopic (exact) mass is 369 g/mol. The van der Waals surface area contributed by atoms with Crippen molar-refractivity contribution in [2.45, 2.75) is 32.2 Å². The molecule has 3 N–H and O–H groups in total. The van der Waals surface area contributed by atoms with Crippen molar-refractivity contribution in [1.82, 2.24) is 16.0 Å². The SMILES string of the molecule is COc1ccc(CNC(=O)CNC(=O)CCC2CCNCC2)cc1.Cl. The summed E-state index contributed by atoms with van der Waals surface area (Å²) in [5.41, 5.74) is 0.987. The summed E-state index contributed by atoms with van der Waals surface area (Å²) in [7, 11) is 1.62. The fourth-order valence-corrected chi connectivity index (χ4v) is 2.78. The molecule has 1 aliphatic rings. The van der Waals surface area contributed by atoms with E-state index in [1.807, 2.05) is 24.3 Å². The first-order valence-electron chi connectivity index (χ1n) is 8.54. The molecule has 0 aromatic heterocycles. The maximum Gasteiger partial charge on any atom is 0.239 e. The van der Waals surface area contributed by atoms with Gasteiger partial charge < -0.3 is 20.7 Å². The zero-order valence-electron chi connectivity index (χ0n) is 14.7. The van der Waals surface area contributed by atoms with Gasteiger partial charge in [0.2, 0.25) is 11.8 Å². The number of amides is 2. The topological polar surface area (TPSA) is 79.5 Å². The van der Waals surface area contributed by atoms with E-state index in [-0.39, 0.29) is 30.8 Å². The van der Waals surface area contributed by atoms with Crippen LogP contribution in [0.1, 0.15) is 31.2 Å². The Bertz CT molecular complexity index is 531. The van der Waals surface area contributed by atoms with Crippen molar-refractivity contribution >= 4 is 24.2 Å². The van der Waals surface area contributed by atoms with Crippen LogP contribution in [0.3, 0.4) is 0 Å². The Labute approximate surface area is 155 Å². The lowest BCUT2D eigenvalue weighted by Gasteiger charge is -2.22. The molecule has 2 rings (SSSR count). The molecule has 1 heterocycles. The van der Waals surface area contributed by atoms with E-state index >= 15 is 0 Å². The Balaban J connectivity index is 0.00000312. The van der Waals surface area contributed by atoms with Gasteiger partial charge in [0.05, 0.1) is 13.7 Å². The van der Waals surface area contributed by atoms with Gasteiger partial charge in [-0.15, -0.1) is 12.4 Å². The molecule has 1 aromatic rings. The zero-order valence-corrected chi connectivity index (χ0v) is 15.5. The van der Waals surface area contributed by atoms with Gasteiger partial charge in [0, 0.05) is 13.0 Å². The van der Waals surface area contributed by atoms with Crippen LogP contribution in [-0.2, 0) is 16.1 Å². The number of carbonyl (C=O) groups excluding carboxylic acids is 2. The van der Waals surface area contributed by atoms with Crippen LogP contribution in [0.5, 0.6) is 5.75 Å². The second-order valence-electron chi connectivity index (χ2n) is 6.13. The number of carbonyl (C=O) groups is 2. The Hall–Kier alpha value is -1.79. The van der Waals surface area contributed by atoms with Crippen molar-refractivity contribution in [3.8, 4) is 5.75 Å². The van der Waals surface area contributed by atoms with Gasteiger partial charge in [0.15, 0.2) is 0 Å². The summed E-state index contributed by atoms with van der Waals surface area (Å²) in [6.45, 7) is 2.55. The number of benzene rings is 1. The van der Waals surface area contributed by atoms with Gasteiger partial charge in [0.25, 0.3) is 0 Å². The van der Waals surface area contributed by atoms with Crippen LogP contribution in [-0.4, -0.2) is 38.6 Å². The Morgan fingerprint density at radius 2 is 1.80 bits per heavy atom. The van der Waals surface area contributed by atoms with E-state index in [1.54, 1.807) is 7.11 Å². The molecule has 0 radical (unpaired) electrons. The highest BCUT2D eigenvalue weighted by atomic mass is 35.5. The minimum absolute atomic E-state index is 0. The number of nitrogens with one attached hydrogen (secondary N) is 3. The van der Waals surface area contributed by atoms with E-state index < -0.39 is 0 Å². The molecule has 0 aliphatic carbocycles. The van der Waals surface area contributed by atoms with Crippen molar-refractivity contribution in [3.05, 3.63) is 29.8 Å². The quantitative estimate of drug-likeness (QED) is 0.650. The first-order chi connectivity index (χ1) is 11.7. The van der Waals surface area contributed by atoms with Gasteiger partial charge in [-0.25, -0.2) is 0 Å². The fourth-order valence-electron chi connectivity index (χ4n) is 2.78. The summed E-state index contributed by atoms with van der Waals surface area (Å²) < 4.78 is 5.09. The second kappa shape index (κ2) is 11.7. The molecule has 0 bridgehead atoms. The van der Waals surface area contributed by atoms with E-state index in [1.165, 1.54) is 0 Å². The first kappa shape index (κ1) is 21.3. The highest BCUT2D eigenvalue weighted by Gasteiger charge is 2.14. The average molecular weight is 370 g/mol. The number of hydrogen-bond donors (Lipinski definition) is 3. The highest BCUT2D eigenvalue weighted by Crippen LogP contribution is 2.17. The molecule has 0 atom stereocenters. The molecular weight excluding hydrogens is 342 g/mol. The van der Waals surface area contributed by atoms with Gasteiger partial charge in [-0.3, -0.25) is 9.59 Å². The van der Waals surface area contributed by atoms with Gasteiger partial charge in [0.1, 0.15) is 5.75 Å². The molecule has 25 heavy (non-hydrogen) atoms. The van der Waals surface area contributed by atoms with Crippen LogP contribution in [0.15, 0.2) is 24.3 Å². The molecule has 6 nitrogen and oxygen atoms in total. The van der Waals surface area contributed by atoms with Crippen molar-refractivity contribution in [2.75, 3.05) is 26.7 Å². The lowest BCUT2D eigenvalue weighted by atomic mass is 9.93. The highest BCUT2D eigenvalue weighted by molar-refractivity contribution is 5.85. The predicted octanol–water partition coefficient (Wildman–Crippen LogP) is 1.63. The normalized spacial score (nSPS) is 14.3.